The number of likely N-dealkylation sites (tertiary alicyclic amines) is 1. The molecule has 1 aliphatic heterocycles. The topological polar surface area (TPSA) is 63.1 Å². The average molecular weight is 424 g/mol. The zero-order chi connectivity index (χ0) is 20.8. The van der Waals surface area contributed by atoms with Crippen LogP contribution in [0, 0.1) is 0 Å². The average Bonchev–Trinajstić information content (AvgIpc) is 3.19. The first kappa shape index (κ1) is 20.6. The van der Waals surface area contributed by atoms with E-state index in [-0.39, 0.29) is 11.9 Å². The molecule has 1 saturated heterocycles. The molecule has 1 N–H and O–H groups in total. The van der Waals surface area contributed by atoms with Crippen LogP contribution in [0.15, 0.2) is 61.1 Å². The lowest BCUT2D eigenvalue weighted by Crippen LogP contribution is -2.38. The lowest BCUT2D eigenvalue weighted by Gasteiger charge is -2.31. The number of nitrogens with one attached hydrogen (secondary N) is 1. The molecule has 0 bridgehead atoms. The van der Waals surface area contributed by atoms with Crippen molar-refractivity contribution in [2.75, 3.05) is 19.6 Å². The predicted molar refractivity (Wildman–Crippen MR) is 118 cm³/mol. The first-order valence-corrected chi connectivity index (χ1v) is 10.8. The van der Waals surface area contributed by atoms with E-state index in [9.17, 15) is 4.79 Å². The van der Waals surface area contributed by atoms with Gasteiger partial charge in [0, 0.05) is 30.2 Å². The minimum absolute atomic E-state index is 0.122. The molecule has 3 heterocycles. The molecule has 1 unspecified atom stereocenters. The molecule has 7 heteroatoms. The Morgan fingerprint density at radius 1 is 1.07 bits per heavy atom. The van der Waals surface area contributed by atoms with Gasteiger partial charge in [-0.3, -0.25) is 9.69 Å². The van der Waals surface area contributed by atoms with E-state index in [1.54, 1.807) is 29.2 Å². The molecular formula is C23H26ClN5O. The molecule has 30 heavy (non-hydrogen) atoms. The zero-order valence-corrected chi connectivity index (χ0v) is 17.6. The second-order valence-electron chi connectivity index (χ2n) is 7.58. The van der Waals surface area contributed by atoms with Crippen LogP contribution in [0.3, 0.4) is 0 Å². The highest BCUT2D eigenvalue weighted by Gasteiger charge is 2.22. The van der Waals surface area contributed by atoms with Crippen LogP contribution in [0.4, 0.5) is 0 Å². The van der Waals surface area contributed by atoms with E-state index in [2.05, 4.69) is 32.4 Å². The smallest absolute Gasteiger partial charge is 0.252 e. The number of benzene rings is 1. The van der Waals surface area contributed by atoms with Crippen LogP contribution in [0.25, 0.3) is 5.82 Å². The Morgan fingerprint density at radius 2 is 1.83 bits per heavy atom. The van der Waals surface area contributed by atoms with Crippen LogP contribution in [-0.2, 0) is 0 Å². The van der Waals surface area contributed by atoms with Gasteiger partial charge >= 0.3 is 0 Å². The molecule has 1 atom stereocenters. The summed E-state index contributed by atoms with van der Waals surface area (Å²) in [5.41, 5.74) is 1.71. The van der Waals surface area contributed by atoms with Crippen LogP contribution < -0.4 is 5.32 Å². The van der Waals surface area contributed by atoms with Crippen LogP contribution >= 0.6 is 11.6 Å². The molecule has 1 aromatic carbocycles. The van der Waals surface area contributed by atoms with Gasteiger partial charge in [0.05, 0.1) is 11.6 Å². The Morgan fingerprint density at radius 3 is 2.47 bits per heavy atom. The van der Waals surface area contributed by atoms with E-state index in [0.717, 1.165) is 18.1 Å². The standard InChI is InChI=1S/C23H26ClN5O/c24-20-9-6-18(7-10-20)21(28-13-3-1-2-4-14-28)17-26-23(30)19-8-11-22(25-16-19)29-15-5-12-27-29/h5-12,15-16,21H,1-4,13-14,17H2,(H,26,30). The van der Waals surface area contributed by atoms with Gasteiger partial charge in [0.1, 0.15) is 0 Å². The maximum atomic E-state index is 12.8. The molecule has 2 aromatic heterocycles. The minimum Gasteiger partial charge on any atom is -0.350 e. The number of hydrogen-bond donors (Lipinski definition) is 1. The van der Waals surface area contributed by atoms with E-state index in [0.29, 0.717) is 17.9 Å². The number of carbonyl (C=O) groups excluding carboxylic acids is 1. The second kappa shape index (κ2) is 9.87. The Hall–Kier alpha value is -2.70. The summed E-state index contributed by atoms with van der Waals surface area (Å²) >= 11 is 6.09. The number of halogens is 1. The monoisotopic (exact) mass is 423 g/mol. The third-order valence-corrected chi connectivity index (χ3v) is 5.79. The van der Waals surface area contributed by atoms with Gasteiger partial charge in [0.15, 0.2) is 5.82 Å². The number of nitrogens with zero attached hydrogens (tertiary/aromatic N) is 4. The summed E-state index contributed by atoms with van der Waals surface area (Å²) in [6.07, 6.45) is 10.0. The number of hydrogen-bond acceptors (Lipinski definition) is 4. The van der Waals surface area contributed by atoms with Gasteiger partial charge in [-0.1, -0.05) is 36.6 Å². The van der Waals surface area contributed by atoms with Gasteiger partial charge in [0.25, 0.3) is 5.91 Å². The van der Waals surface area contributed by atoms with E-state index >= 15 is 0 Å². The van der Waals surface area contributed by atoms with E-state index in [4.69, 9.17) is 11.6 Å². The third-order valence-electron chi connectivity index (χ3n) is 5.54. The predicted octanol–water partition coefficient (Wildman–Crippen LogP) is 4.27. The maximum absolute atomic E-state index is 12.8. The highest BCUT2D eigenvalue weighted by Crippen LogP contribution is 2.25. The molecular weight excluding hydrogens is 398 g/mol. The summed E-state index contributed by atoms with van der Waals surface area (Å²) in [4.78, 5) is 19.6. The normalized spacial score (nSPS) is 16.0. The fourth-order valence-electron chi connectivity index (χ4n) is 3.90. The molecule has 1 aliphatic rings. The van der Waals surface area contributed by atoms with Crippen LogP contribution in [-0.4, -0.2) is 45.2 Å². The Labute approximate surface area is 181 Å². The SMILES string of the molecule is O=C(NCC(c1ccc(Cl)cc1)N1CCCCCC1)c1ccc(-n2cccn2)nc1. The van der Waals surface area contributed by atoms with Gasteiger partial charge in [0.2, 0.25) is 0 Å². The Balaban J connectivity index is 1.45. The molecule has 4 rings (SSSR count). The molecule has 6 nitrogen and oxygen atoms in total. The van der Waals surface area contributed by atoms with Crippen molar-refractivity contribution >= 4 is 17.5 Å². The van der Waals surface area contributed by atoms with Crippen molar-refractivity contribution in [3.8, 4) is 5.82 Å². The van der Waals surface area contributed by atoms with Crippen molar-refractivity contribution in [2.45, 2.75) is 31.7 Å². The van der Waals surface area contributed by atoms with Crippen molar-refractivity contribution in [2.24, 2.45) is 0 Å². The fourth-order valence-corrected chi connectivity index (χ4v) is 4.03. The highest BCUT2D eigenvalue weighted by atomic mass is 35.5. The Kier molecular flexibility index (Phi) is 6.77. The van der Waals surface area contributed by atoms with Gasteiger partial charge in [-0.2, -0.15) is 5.10 Å². The number of carbonyl (C=O) groups is 1. The van der Waals surface area contributed by atoms with Crippen molar-refractivity contribution < 1.29 is 4.79 Å². The van der Waals surface area contributed by atoms with E-state index in [1.165, 1.54) is 31.2 Å². The third kappa shape index (κ3) is 5.07. The van der Waals surface area contributed by atoms with Crippen molar-refractivity contribution in [3.05, 3.63) is 77.2 Å². The van der Waals surface area contributed by atoms with Gasteiger partial charge in [-0.15, -0.1) is 0 Å². The molecule has 156 valence electrons. The quantitative estimate of drug-likeness (QED) is 0.643. The summed E-state index contributed by atoms with van der Waals surface area (Å²) in [5, 5.41) is 7.99. The molecule has 0 spiro atoms. The maximum Gasteiger partial charge on any atom is 0.252 e. The molecule has 1 amide bonds. The van der Waals surface area contributed by atoms with Gasteiger partial charge in [-0.05, 0) is 61.8 Å². The summed E-state index contributed by atoms with van der Waals surface area (Å²) in [6, 6.07) is 13.5. The van der Waals surface area contributed by atoms with Crippen molar-refractivity contribution in [3.63, 3.8) is 0 Å². The number of rotatable bonds is 6. The van der Waals surface area contributed by atoms with Crippen molar-refractivity contribution in [1.29, 1.82) is 0 Å². The van der Waals surface area contributed by atoms with Crippen molar-refractivity contribution in [1.82, 2.24) is 25.0 Å². The van der Waals surface area contributed by atoms with Gasteiger partial charge in [-0.25, -0.2) is 9.67 Å². The number of aromatic nitrogens is 3. The largest absolute Gasteiger partial charge is 0.350 e. The van der Waals surface area contributed by atoms with Crippen LogP contribution in [0.2, 0.25) is 5.02 Å². The molecule has 0 radical (unpaired) electrons. The Bertz CT molecular complexity index is 933. The summed E-state index contributed by atoms with van der Waals surface area (Å²) in [5.74, 6) is 0.559. The summed E-state index contributed by atoms with van der Waals surface area (Å²) in [7, 11) is 0. The summed E-state index contributed by atoms with van der Waals surface area (Å²) in [6.45, 7) is 2.63. The fraction of sp³-hybridized carbons (Fsp3) is 0.348. The van der Waals surface area contributed by atoms with Crippen LogP contribution in [0.1, 0.15) is 47.6 Å². The first-order valence-electron chi connectivity index (χ1n) is 10.4. The number of pyridine rings is 1. The lowest BCUT2D eigenvalue weighted by atomic mass is 10.0. The molecule has 3 aromatic rings. The molecule has 0 saturated carbocycles. The first-order chi connectivity index (χ1) is 14.7. The summed E-state index contributed by atoms with van der Waals surface area (Å²) < 4.78 is 1.66. The van der Waals surface area contributed by atoms with E-state index in [1.807, 2.05) is 24.4 Å². The minimum atomic E-state index is -0.122. The number of amides is 1. The van der Waals surface area contributed by atoms with E-state index < -0.39 is 0 Å². The zero-order valence-electron chi connectivity index (χ0n) is 16.9. The highest BCUT2D eigenvalue weighted by molar-refractivity contribution is 6.30. The van der Waals surface area contributed by atoms with Gasteiger partial charge < -0.3 is 5.32 Å². The lowest BCUT2D eigenvalue weighted by molar-refractivity contribution is 0.0933. The second-order valence-corrected chi connectivity index (χ2v) is 8.02. The van der Waals surface area contributed by atoms with Crippen LogP contribution in [0.5, 0.6) is 0 Å². The molecule has 1 fully saturated rings. The molecule has 0 aliphatic carbocycles.